The van der Waals surface area contributed by atoms with Crippen LogP contribution < -0.4 is 10.9 Å². The Morgan fingerprint density at radius 3 is 1.70 bits per heavy atom. The van der Waals surface area contributed by atoms with E-state index in [9.17, 15) is 0 Å². The molecule has 134 valence electrons. The third-order valence-electron chi connectivity index (χ3n) is 4.38. The second-order valence-corrected chi connectivity index (χ2v) is 8.23. The van der Waals surface area contributed by atoms with Crippen LogP contribution in [-0.2, 0) is 0 Å². The quantitative estimate of drug-likeness (QED) is 0.492. The standard InChI is InChI=1S/C22H21N4P/c1-2-19(27(20-11-7-15-25-20)21-12-8-16-26-21)22(17-9-3-5-13-23-17)18-10-4-6-14-24-18/h3-16,25-26H,2H2,1H3. The molecule has 27 heavy (non-hydrogen) atoms. The third kappa shape index (κ3) is 3.62. The molecule has 0 unspecified atom stereocenters. The summed E-state index contributed by atoms with van der Waals surface area (Å²) in [5, 5.41) is 1.34. The Balaban J connectivity index is 1.99. The van der Waals surface area contributed by atoms with Gasteiger partial charge in [-0.15, -0.1) is 0 Å². The molecular weight excluding hydrogens is 351 g/mol. The summed E-state index contributed by atoms with van der Waals surface area (Å²) >= 11 is 0. The third-order valence-corrected chi connectivity index (χ3v) is 6.98. The second kappa shape index (κ2) is 8.15. The maximum atomic E-state index is 4.66. The zero-order valence-electron chi connectivity index (χ0n) is 15.1. The number of hydrogen-bond acceptors (Lipinski definition) is 2. The van der Waals surface area contributed by atoms with Crippen molar-refractivity contribution >= 4 is 24.4 Å². The van der Waals surface area contributed by atoms with E-state index in [-0.39, 0.29) is 0 Å². The van der Waals surface area contributed by atoms with Gasteiger partial charge in [0, 0.05) is 49.2 Å². The summed E-state index contributed by atoms with van der Waals surface area (Å²) in [6, 6.07) is 20.5. The molecule has 4 heterocycles. The fourth-order valence-electron chi connectivity index (χ4n) is 3.24. The van der Waals surface area contributed by atoms with Crippen LogP contribution in [0.4, 0.5) is 0 Å². The molecule has 0 saturated carbocycles. The lowest BCUT2D eigenvalue weighted by atomic mass is 10.1. The van der Waals surface area contributed by atoms with Crippen molar-refractivity contribution in [3.8, 4) is 0 Å². The molecule has 2 N–H and O–H groups in total. The minimum Gasteiger partial charge on any atom is -0.361 e. The van der Waals surface area contributed by atoms with Gasteiger partial charge in [0.1, 0.15) is 0 Å². The zero-order valence-corrected chi connectivity index (χ0v) is 16.0. The number of nitrogens with zero attached hydrogens (tertiary/aromatic N) is 2. The van der Waals surface area contributed by atoms with Gasteiger partial charge >= 0.3 is 0 Å². The smallest absolute Gasteiger partial charge is 0.0727 e. The molecule has 5 heteroatoms. The van der Waals surface area contributed by atoms with E-state index < -0.39 is 7.92 Å². The molecule has 0 aliphatic heterocycles. The van der Waals surface area contributed by atoms with E-state index in [1.807, 2.05) is 49.1 Å². The summed E-state index contributed by atoms with van der Waals surface area (Å²) in [7, 11) is -0.738. The zero-order chi connectivity index (χ0) is 18.5. The molecule has 0 spiro atoms. The summed E-state index contributed by atoms with van der Waals surface area (Å²) in [5.74, 6) is 0. The van der Waals surface area contributed by atoms with E-state index in [0.717, 1.165) is 23.4 Å². The van der Waals surface area contributed by atoms with Crippen molar-refractivity contribution in [3.63, 3.8) is 0 Å². The number of hydrogen-bond donors (Lipinski definition) is 2. The Hall–Kier alpha value is -2.97. The molecule has 4 rings (SSSR count). The number of allylic oxidation sites excluding steroid dienone is 1. The van der Waals surface area contributed by atoms with Crippen LogP contribution in [0.5, 0.6) is 0 Å². The lowest BCUT2D eigenvalue weighted by molar-refractivity contribution is 1.16. The second-order valence-electron chi connectivity index (χ2n) is 6.05. The molecule has 4 nitrogen and oxygen atoms in total. The fraction of sp³-hybridized carbons (Fsp3) is 0.0909. The van der Waals surface area contributed by atoms with Crippen molar-refractivity contribution in [2.45, 2.75) is 13.3 Å². The number of aromatic nitrogens is 4. The molecule has 0 aliphatic rings. The molecule has 0 aromatic carbocycles. The summed E-state index contributed by atoms with van der Waals surface area (Å²) in [6.45, 7) is 2.21. The Morgan fingerprint density at radius 2 is 1.33 bits per heavy atom. The van der Waals surface area contributed by atoms with Gasteiger partial charge in [-0.1, -0.05) is 19.1 Å². The first-order chi connectivity index (χ1) is 13.4. The number of pyridine rings is 2. The predicted molar refractivity (Wildman–Crippen MR) is 113 cm³/mol. The Morgan fingerprint density at radius 1 is 0.778 bits per heavy atom. The van der Waals surface area contributed by atoms with E-state index in [4.69, 9.17) is 0 Å². The lowest BCUT2D eigenvalue weighted by Gasteiger charge is -2.22. The van der Waals surface area contributed by atoms with Crippen molar-refractivity contribution in [1.29, 1.82) is 0 Å². The van der Waals surface area contributed by atoms with Crippen LogP contribution >= 0.6 is 7.92 Å². The highest BCUT2D eigenvalue weighted by Crippen LogP contribution is 2.48. The van der Waals surface area contributed by atoms with Crippen molar-refractivity contribution in [2.75, 3.05) is 0 Å². The van der Waals surface area contributed by atoms with Crippen LogP contribution in [0.2, 0.25) is 0 Å². The van der Waals surface area contributed by atoms with Gasteiger partial charge < -0.3 is 9.97 Å². The molecule has 0 radical (unpaired) electrons. The van der Waals surface area contributed by atoms with Crippen molar-refractivity contribution in [1.82, 2.24) is 19.9 Å². The monoisotopic (exact) mass is 372 g/mol. The molecular formula is C22H21N4P. The molecule has 0 saturated heterocycles. The molecule has 0 fully saturated rings. The van der Waals surface area contributed by atoms with Gasteiger partial charge in [0.25, 0.3) is 0 Å². The molecule has 0 amide bonds. The first-order valence-electron chi connectivity index (χ1n) is 9.01. The number of rotatable bonds is 6. The SMILES string of the molecule is CCC(=C(c1ccccn1)c1ccccn1)P(c1ccc[nH]1)c1ccc[nH]1. The average molecular weight is 372 g/mol. The largest absolute Gasteiger partial charge is 0.361 e. The van der Waals surface area contributed by atoms with E-state index in [1.54, 1.807) is 0 Å². The topological polar surface area (TPSA) is 57.4 Å². The molecule has 4 aromatic heterocycles. The average Bonchev–Trinajstić information content (AvgIpc) is 3.44. The van der Waals surface area contributed by atoms with Crippen LogP contribution in [0.25, 0.3) is 5.57 Å². The van der Waals surface area contributed by atoms with Crippen LogP contribution in [0.15, 0.2) is 90.8 Å². The van der Waals surface area contributed by atoms with Crippen LogP contribution in [-0.4, -0.2) is 19.9 Å². The minimum absolute atomic E-state index is 0.738. The predicted octanol–water partition coefficient (Wildman–Crippen LogP) is 4.44. The molecule has 0 aliphatic carbocycles. The molecule has 0 atom stereocenters. The Kier molecular flexibility index (Phi) is 5.27. The Bertz CT molecular complexity index is 915. The Labute approximate surface area is 160 Å². The maximum Gasteiger partial charge on any atom is 0.0727 e. The van der Waals surface area contributed by atoms with Gasteiger partial charge in [-0.2, -0.15) is 0 Å². The molecule has 0 bridgehead atoms. The van der Waals surface area contributed by atoms with E-state index in [0.29, 0.717) is 0 Å². The van der Waals surface area contributed by atoms with Gasteiger partial charge in [0.15, 0.2) is 0 Å². The van der Waals surface area contributed by atoms with Gasteiger partial charge in [0.05, 0.1) is 11.4 Å². The van der Waals surface area contributed by atoms with E-state index in [1.165, 1.54) is 16.2 Å². The van der Waals surface area contributed by atoms with E-state index >= 15 is 0 Å². The van der Waals surface area contributed by atoms with Crippen LogP contribution in [0.3, 0.4) is 0 Å². The van der Waals surface area contributed by atoms with Gasteiger partial charge in [0.2, 0.25) is 0 Å². The fourth-order valence-corrected chi connectivity index (χ4v) is 5.72. The first kappa shape index (κ1) is 17.4. The van der Waals surface area contributed by atoms with Crippen molar-refractivity contribution in [2.24, 2.45) is 0 Å². The van der Waals surface area contributed by atoms with Crippen molar-refractivity contribution in [3.05, 3.63) is 102 Å². The first-order valence-corrected chi connectivity index (χ1v) is 10.4. The summed E-state index contributed by atoms with van der Waals surface area (Å²) in [5.41, 5.74) is 5.47. The summed E-state index contributed by atoms with van der Waals surface area (Å²) < 4.78 is 0. The van der Waals surface area contributed by atoms with Crippen molar-refractivity contribution < 1.29 is 0 Å². The number of nitrogens with one attached hydrogen (secondary N) is 2. The van der Waals surface area contributed by atoms with Gasteiger partial charge in [-0.25, -0.2) is 0 Å². The van der Waals surface area contributed by atoms with Crippen LogP contribution in [0, 0.1) is 0 Å². The van der Waals surface area contributed by atoms with Gasteiger partial charge in [-0.05, 0) is 60.3 Å². The highest BCUT2D eigenvalue weighted by molar-refractivity contribution is 7.76. The summed E-state index contributed by atoms with van der Waals surface area (Å²) in [6.07, 6.45) is 8.57. The van der Waals surface area contributed by atoms with Gasteiger partial charge in [-0.3, -0.25) is 9.97 Å². The normalized spacial score (nSPS) is 10.9. The highest BCUT2D eigenvalue weighted by Gasteiger charge is 2.25. The maximum absolute atomic E-state index is 4.66. The minimum atomic E-state index is -0.738. The van der Waals surface area contributed by atoms with E-state index in [2.05, 4.69) is 63.3 Å². The highest BCUT2D eigenvalue weighted by atomic mass is 31.1. The lowest BCUT2D eigenvalue weighted by Crippen LogP contribution is -2.16. The number of aromatic amines is 2. The number of H-pyrrole nitrogens is 2. The summed E-state index contributed by atoms with van der Waals surface area (Å²) in [4.78, 5) is 16.2. The molecule has 4 aromatic rings. The van der Waals surface area contributed by atoms with Crippen LogP contribution in [0.1, 0.15) is 24.7 Å².